The molecule has 2 rings (SSSR count). The van der Waals surface area contributed by atoms with Crippen LogP contribution in [0.3, 0.4) is 0 Å². The van der Waals surface area contributed by atoms with Gasteiger partial charge in [0.25, 0.3) is 0 Å². The molecule has 0 radical (unpaired) electrons. The molecule has 1 aliphatic heterocycles. The fourth-order valence-corrected chi connectivity index (χ4v) is 2.41. The summed E-state index contributed by atoms with van der Waals surface area (Å²) in [6.07, 6.45) is 3.23. The highest BCUT2D eigenvalue weighted by Gasteiger charge is 2.20. The second kappa shape index (κ2) is 8.95. The van der Waals surface area contributed by atoms with Crippen LogP contribution in [0.1, 0.15) is 30.4 Å². The van der Waals surface area contributed by atoms with E-state index in [1.165, 1.54) is 6.42 Å². The zero-order valence-corrected chi connectivity index (χ0v) is 12.7. The summed E-state index contributed by atoms with van der Waals surface area (Å²) in [5.74, 6) is 0.104. The number of carbonyl (C=O) groups is 1. The molecule has 4 nitrogen and oxygen atoms in total. The lowest BCUT2D eigenvalue weighted by Crippen LogP contribution is -2.46. The number of ether oxygens (including phenoxy) is 1. The van der Waals surface area contributed by atoms with Gasteiger partial charge in [0.1, 0.15) is 0 Å². The van der Waals surface area contributed by atoms with E-state index in [2.05, 4.69) is 10.6 Å². The van der Waals surface area contributed by atoms with Crippen molar-refractivity contribution in [1.29, 1.82) is 0 Å². The van der Waals surface area contributed by atoms with Gasteiger partial charge in [-0.1, -0.05) is 30.7 Å². The summed E-state index contributed by atoms with van der Waals surface area (Å²) < 4.78 is 5.17. The Bertz CT molecular complexity index is 420. The number of halogens is 1. The molecule has 1 atom stereocenters. The first-order chi connectivity index (χ1) is 9.31. The van der Waals surface area contributed by atoms with E-state index in [1.54, 1.807) is 7.11 Å². The van der Waals surface area contributed by atoms with E-state index < -0.39 is 0 Å². The minimum absolute atomic E-state index is 0. The molecule has 0 aromatic heterocycles. The average molecular weight is 299 g/mol. The largest absolute Gasteiger partial charge is 0.380 e. The SMILES string of the molecule is COCc1ccccc1CNC(=O)C1CCCCN1.Cl. The Labute approximate surface area is 126 Å². The van der Waals surface area contributed by atoms with E-state index in [9.17, 15) is 4.79 Å². The maximum absolute atomic E-state index is 12.0. The maximum Gasteiger partial charge on any atom is 0.237 e. The molecule has 5 heteroatoms. The van der Waals surface area contributed by atoms with Crippen molar-refractivity contribution in [2.24, 2.45) is 0 Å². The van der Waals surface area contributed by atoms with Gasteiger partial charge in [-0.05, 0) is 30.5 Å². The zero-order valence-electron chi connectivity index (χ0n) is 11.9. The molecular weight excluding hydrogens is 276 g/mol. The Kier molecular flexibility index (Phi) is 7.59. The van der Waals surface area contributed by atoms with Gasteiger partial charge in [0.05, 0.1) is 12.6 Å². The lowest BCUT2D eigenvalue weighted by atomic mass is 10.0. The van der Waals surface area contributed by atoms with E-state index in [0.717, 1.165) is 30.5 Å². The van der Waals surface area contributed by atoms with E-state index in [4.69, 9.17) is 4.74 Å². The summed E-state index contributed by atoms with van der Waals surface area (Å²) in [4.78, 5) is 12.0. The topological polar surface area (TPSA) is 50.4 Å². The molecule has 1 heterocycles. The smallest absolute Gasteiger partial charge is 0.237 e. The van der Waals surface area contributed by atoms with Gasteiger partial charge in [0.15, 0.2) is 0 Å². The first kappa shape index (κ1) is 17.0. The molecule has 0 bridgehead atoms. The molecule has 1 saturated heterocycles. The molecule has 1 fully saturated rings. The normalized spacial score (nSPS) is 18.1. The van der Waals surface area contributed by atoms with Gasteiger partial charge < -0.3 is 15.4 Å². The third-order valence-corrected chi connectivity index (χ3v) is 3.50. The van der Waals surface area contributed by atoms with Crippen LogP contribution in [0.4, 0.5) is 0 Å². The van der Waals surface area contributed by atoms with Gasteiger partial charge in [0.2, 0.25) is 5.91 Å². The molecule has 1 amide bonds. The molecule has 1 aliphatic rings. The van der Waals surface area contributed by atoms with Crippen LogP contribution in [0.5, 0.6) is 0 Å². The summed E-state index contributed by atoms with van der Waals surface area (Å²) in [6.45, 7) is 2.09. The van der Waals surface area contributed by atoms with Crippen molar-refractivity contribution in [2.75, 3.05) is 13.7 Å². The highest BCUT2D eigenvalue weighted by Crippen LogP contribution is 2.11. The second-order valence-electron chi connectivity index (χ2n) is 4.92. The number of amides is 1. The highest BCUT2D eigenvalue weighted by atomic mass is 35.5. The minimum Gasteiger partial charge on any atom is -0.380 e. The lowest BCUT2D eigenvalue weighted by Gasteiger charge is -2.22. The summed E-state index contributed by atoms with van der Waals surface area (Å²) in [7, 11) is 1.68. The average Bonchev–Trinajstić information content (AvgIpc) is 2.47. The summed E-state index contributed by atoms with van der Waals surface area (Å²) in [6, 6.07) is 8.01. The lowest BCUT2D eigenvalue weighted by molar-refractivity contribution is -0.123. The monoisotopic (exact) mass is 298 g/mol. The van der Waals surface area contributed by atoms with E-state index >= 15 is 0 Å². The van der Waals surface area contributed by atoms with Crippen molar-refractivity contribution in [3.05, 3.63) is 35.4 Å². The summed E-state index contributed by atoms with van der Waals surface area (Å²) >= 11 is 0. The molecule has 1 aromatic rings. The van der Waals surface area contributed by atoms with Crippen LogP contribution >= 0.6 is 12.4 Å². The van der Waals surface area contributed by atoms with Crippen LogP contribution in [-0.2, 0) is 22.7 Å². The Balaban J connectivity index is 0.00000200. The van der Waals surface area contributed by atoms with Crippen molar-refractivity contribution >= 4 is 18.3 Å². The Hall–Kier alpha value is -1.10. The molecule has 0 aliphatic carbocycles. The first-order valence-corrected chi connectivity index (χ1v) is 6.88. The maximum atomic E-state index is 12.0. The number of nitrogens with one attached hydrogen (secondary N) is 2. The number of rotatable bonds is 5. The Morgan fingerprint density at radius 3 is 2.75 bits per heavy atom. The van der Waals surface area contributed by atoms with E-state index in [1.807, 2.05) is 24.3 Å². The summed E-state index contributed by atoms with van der Waals surface area (Å²) in [5.41, 5.74) is 2.25. The fraction of sp³-hybridized carbons (Fsp3) is 0.533. The van der Waals surface area contributed by atoms with Crippen molar-refractivity contribution < 1.29 is 9.53 Å². The van der Waals surface area contributed by atoms with Crippen LogP contribution in [0.2, 0.25) is 0 Å². The van der Waals surface area contributed by atoms with Crippen LogP contribution < -0.4 is 10.6 Å². The molecule has 2 N–H and O–H groups in total. The predicted octanol–water partition coefficient (Wildman–Crippen LogP) is 2.01. The number of piperidine rings is 1. The van der Waals surface area contributed by atoms with Gasteiger partial charge >= 0.3 is 0 Å². The zero-order chi connectivity index (χ0) is 13.5. The van der Waals surface area contributed by atoms with Crippen molar-refractivity contribution in [3.8, 4) is 0 Å². The standard InChI is InChI=1S/C15H22N2O2.ClH/c1-19-11-13-7-3-2-6-12(13)10-17-15(18)14-8-4-5-9-16-14;/h2-3,6-7,14,16H,4-5,8-11H2,1H3,(H,17,18);1H. The van der Waals surface area contributed by atoms with Gasteiger partial charge in [0, 0.05) is 13.7 Å². The quantitative estimate of drug-likeness (QED) is 0.874. The number of carbonyl (C=O) groups excluding carboxylic acids is 1. The van der Waals surface area contributed by atoms with Crippen LogP contribution in [0.25, 0.3) is 0 Å². The molecule has 0 saturated carbocycles. The molecule has 1 aromatic carbocycles. The van der Waals surface area contributed by atoms with Gasteiger partial charge in [-0.25, -0.2) is 0 Å². The second-order valence-corrected chi connectivity index (χ2v) is 4.92. The fourth-order valence-electron chi connectivity index (χ4n) is 2.41. The number of benzene rings is 1. The molecule has 20 heavy (non-hydrogen) atoms. The number of methoxy groups -OCH3 is 1. The Morgan fingerprint density at radius 2 is 2.10 bits per heavy atom. The number of hydrogen-bond acceptors (Lipinski definition) is 3. The van der Waals surface area contributed by atoms with Gasteiger partial charge in [-0.2, -0.15) is 0 Å². The Morgan fingerprint density at radius 1 is 1.35 bits per heavy atom. The molecular formula is C15H23ClN2O2. The molecule has 1 unspecified atom stereocenters. The third kappa shape index (κ3) is 4.78. The number of hydrogen-bond donors (Lipinski definition) is 2. The minimum atomic E-state index is -0.0247. The van der Waals surface area contributed by atoms with Gasteiger partial charge in [-0.3, -0.25) is 4.79 Å². The van der Waals surface area contributed by atoms with Gasteiger partial charge in [-0.15, -0.1) is 12.4 Å². The first-order valence-electron chi connectivity index (χ1n) is 6.88. The molecule has 112 valence electrons. The van der Waals surface area contributed by atoms with Crippen molar-refractivity contribution in [2.45, 2.75) is 38.5 Å². The highest BCUT2D eigenvalue weighted by molar-refractivity contribution is 5.85. The van der Waals surface area contributed by atoms with E-state index in [-0.39, 0.29) is 24.4 Å². The van der Waals surface area contributed by atoms with Crippen LogP contribution in [-0.4, -0.2) is 25.6 Å². The molecule has 0 spiro atoms. The summed E-state index contributed by atoms with van der Waals surface area (Å²) in [5, 5.41) is 6.27. The van der Waals surface area contributed by atoms with E-state index in [0.29, 0.717) is 13.2 Å². The third-order valence-electron chi connectivity index (χ3n) is 3.50. The van der Waals surface area contributed by atoms with Crippen molar-refractivity contribution in [3.63, 3.8) is 0 Å². The van der Waals surface area contributed by atoms with Crippen molar-refractivity contribution in [1.82, 2.24) is 10.6 Å². The van der Waals surface area contributed by atoms with Crippen LogP contribution in [0.15, 0.2) is 24.3 Å². The predicted molar refractivity (Wildman–Crippen MR) is 81.9 cm³/mol. The van der Waals surface area contributed by atoms with Crippen LogP contribution in [0, 0.1) is 0 Å².